The first kappa shape index (κ1) is 14.7. The van der Waals surface area contributed by atoms with Crippen molar-refractivity contribution in [1.29, 1.82) is 5.26 Å². The van der Waals surface area contributed by atoms with Crippen LogP contribution in [0.2, 0.25) is 0 Å². The Balaban J connectivity index is 2.02. The van der Waals surface area contributed by atoms with E-state index >= 15 is 0 Å². The molecule has 2 rings (SSSR count). The molecule has 0 fully saturated rings. The molecule has 21 heavy (non-hydrogen) atoms. The number of furan rings is 1. The number of carbonyl (C=O) groups excluding carboxylic acids is 1. The maximum Gasteiger partial charge on any atom is 0.227 e. The molecule has 1 amide bonds. The Bertz CT molecular complexity index is 612. The molecule has 5 heteroatoms. The summed E-state index contributed by atoms with van der Waals surface area (Å²) in [4.78, 5) is 13.9. The Hall–Kier alpha value is -2.74. The van der Waals surface area contributed by atoms with Crippen LogP contribution in [0.5, 0.6) is 5.75 Å². The van der Waals surface area contributed by atoms with E-state index in [4.69, 9.17) is 9.68 Å². The topological polar surface area (TPSA) is 77.5 Å². The fourth-order valence-corrected chi connectivity index (χ4v) is 1.97. The van der Waals surface area contributed by atoms with Crippen LogP contribution < -0.4 is 0 Å². The minimum absolute atomic E-state index is 0.0765. The number of amides is 1. The molecular weight excluding hydrogens is 268 g/mol. The number of hydrogen-bond donors (Lipinski definition) is 1. The van der Waals surface area contributed by atoms with Crippen LogP contribution in [0.15, 0.2) is 47.1 Å². The molecule has 2 aromatic rings. The number of nitrogens with zero attached hydrogens (tertiary/aromatic N) is 2. The van der Waals surface area contributed by atoms with Gasteiger partial charge in [0.05, 0.1) is 31.7 Å². The van der Waals surface area contributed by atoms with E-state index in [2.05, 4.69) is 0 Å². The van der Waals surface area contributed by atoms with Crippen LogP contribution in [0.3, 0.4) is 0 Å². The maximum absolute atomic E-state index is 12.3. The first-order valence-corrected chi connectivity index (χ1v) is 6.64. The summed E-state index contributed by atoms with van der Waals surface area (Å²) in [6.45, 7) is 0.722. The van der Waals surface area contributed by atoms with Gasteiger partial charge in [-0.05, 0) is 29.8 Å². The van der Waals surface area contributed by atoms with E-state index in [9.17, 15) is 9.90 Å². The van der Waals surface area contributed by atoms with Crippen molar-refractivity contribution in [2.24, 2.45) is 0 Å². The Morgan fingerprint density at radius 1 is 1.29 bits per heavy atom. The second-order valence-corrected chi connectivity index (χ2v) is 4.65. The average Bonchev–Trinajstić information content (AvgIpc) is 2.98. The van der Waals surface area contributed by atoms with Crippen LogP contribution in [0.1, 0.15) is 17.7 Å². The third-order valence-corrected chi connectivity index (χ3v) is 3.06. The van der Waals surface area contributed by atoms with Gasteiger partial charge in [-0.15, -0.1) is 0 Å². The van der Waals surface area contributed by atoms with Gasteiger partial charge in [0.1, 0.15) is 11.5 Å². The summed E-state index contributed by atoms with van der Waals surface area (Å²) in [6.07, 6.45) is 2.07. The molecule has 0 bridgehead atoms. The average molecular weight is 284 g/mol. The Morgan fingerprint density at radius 2 is 2.05 bits per heavy atom. The third-order valence-electron chi connectivity index (χ3n) is 3.06. The van der Waals surface area contributed by atoms with Gasteiger partial charge in [-0.3, -0.25) is 4.79 Å². The molecule has 0 aliphatic rings. The lowest BCUT2D eigenvalue weighted by molar-refractivity contribution is -0.131. The molecule has 1 aromatic heterocycles. The van der Waals surface area contributed by atoms with Gasteiger partial charge in [-0.25, -0.2) is 0 Å². The molecule has 1 aromatic carbocycles. The van der Waals surface area contributed by atoms with Gasteiger partial charge in [-0.2, -0.15) is 5.26 Å². The van der Waals surface area contributed by atoms with Gasteiger partial charge in [-0.1, -0.05) is 12.1 Å². The fourth-order valence-electron chi connectivity index (χ4n) is 1.97. The maximum atomic E-state index is 12.3. The largest absolute Gasteiger partial charge is 0.508 e. The monoisotopic (exact) mass is 284 g/mol. The molecule has 0 radical (unpaired) electrons. The summed E-state index contributed by atoms with van der Waals surface area (Å²) in [5, 5.41) is 17.9. The van der Waals surface area contributed by atoms with Crippen LogP contribution >= 0.6 is 0 Å². The van der Waals surface area contributed by atoms with Gasteiger partial charge >= 0.3 is 0 Å². The van der Waals surface area contributed by atoms with Crippen LogP contribution in [-0.2, 0) is 17.8 Å². The van der Waals surface area contributed by atoms with Crippen molar-refractivity contribution in [3.05, 3.63) is 54.0 Å². The molecule has 0 aliphatic carbocycles. The number of rotatable bonds is 6. The van der Waals surface area contributed by atoms with Crippen molar-refractivity contribution < 1.29 is 14.3 Å². The Kier molecular flexibility index (Phi) is 4.99. The predicted molar refractivity (Wildman–Crippen MR) is 76.2 cm³/mol. The normalized spacial score (nSPS) is 10.0. The highest BCUT2D eigenvalue weighted by atomic mass is 16.3. The highest BCUT2D eigenvalue weighted by Crippen LogP contribution is 2.13. The molecule has 0 atom stereocenters. The quantitative estimate of drug-likeness (QED) is 0.884. The van der Waals surface area contributed by atoms with Gasteiger partial charge in [0, 0.05) is 6.54 Å². The van der Waals surface area contributed by atoms with Crippen LogP contribution in [0.4, 0.5) is 0 Å². The molecule has 0 spiro atoms. The van der Waals surface area contributed by atoms with Crippen LogP contribution in [0.25, 0.3) is 0 Å². The van der Waals surface area contributed by atoms with E-state index in [1.165, 1.54) is 0 Å². The summed E-state index contributed by atoms with van der Waals surface area (Å²) in [5.74, 6) is 0.780. The second kappa shape index (κ2) is 7.15. The van der Waals surface area contributed by atoms with E-state index in [-0.39, 0.29) is 24.5 Å². The van der Waals surface area contributed by atoms with Gasteiger partial charge in [0.25, 0.3) is 0 Å². The zero-order valence-corrected chi connectivity index (χ0v) is 11.5. The van der Waals surface area contributed by atoms with E-state index < -0.39 is 0 Å². The number of aromatic hydroxyl groups is 1. The molecule has 0 saturated heterocycles. The highest BCUT2D eigenvalue weighted by molar-refractivity contribution is 5.78. The zero-order chi connectivity index (χ0) is 15.1. The first-order chi connectivity index (χ1) is 10.2. The lowest BCUT2D eigenvalue weighted by Crippen LogP contribution is -2.32. The minimum atomic E-state index is -0.0765. The summed E-state index contributed by atoms with van der Waals surface area (Å²) in [7, 11) is 0. The molecule has 1 heterocycles. The van der Waals surface area contributed by atoms with Crippen molar-refractivity contribution in [2.75, 3.05) is 6.54 Å². The highest BCUT2D eigenvalue weighted by Gasteiger charge is 2.15. The molecule has 0 aliphatic heterocycles. The van der Waals surface area contributed by atoms with Gasteiger partial charge < -0.3 is 14.4 Å². The lowest BCUT2D eigenvalue weighted by Gasteiger charge is -2.20. The number of phenolic OH excluding ortho intramolecular Hbond substituents is 1. The van der Waals surface area contributed by atoms with E-state index in [0.717, 1.165) is 5.56 Å². The number of hydrogen-bond acceptors (Lipinski definition) is 4. The number of phenols is 1. The molecule has 108 valence electrons. The van der Waals surface area contributed by atoms with Gasteiger partial charge in [0.2, 0.25) is 5.91 Å². The van der Waals surface area contributed by atoms with E-state index in [0.29, 0.717) is 18.8 Å². The molecule has 5 nitrogen and oxygen atoms in total. The second-order valence-electron chi connectivity index (χ2n) is 4.65. The Labute approximate surface area is 123 Å². The molecule has 1 N–H and O–H groups in total. The number of benzene rings is 1. The summed E-state index contributed by atoms with van der Waals surface area (Å²) < 4.78 is 5.25. The van der Waals surface area contributed by atoms with Crippen molar-refractivity contribution in [2.45, 2.75) is 19.4 Å². The lowest BCUT2D eigenvalue weighted by atomic mass is 10.1. The SMILES string of the molecule is N#CCCN(Cc1ccco1)C(=O)Cc1ccc(O)cc1. The Morgan fingerprint density at radius 3 is 2.67 bits per heavy atom. The standard InChI is InChI=1S/C16H16N2O3/c17-8-2-9-18(12-15-3-1-10-21-15)16(20)11-13-4-6-14(19)7-5-13/h1,3-7,10,19H,2,9,11-12H2. The molecular formula is C16H16N2O3. The van der Waals surface area contributed by atoms with E-state index in [1.54, 1.807) is 47.6 Å². The molecule has 0 unspecified atom stereocenters. The van der Waals surface area contributed by atoms with Gasteiger partial charge in [0.15, 0.2) is 0 Å². The third kappa shape index (κ3) is 4.39. The predicted octanol–water partition coefficient (Wildman–Crippen LogP) is 2.47. The van der Waals surface area contributed by atoms with Crippen LogP contribution in [0, 0.1) is 11.3 Å². The van der Waals surface area contributed by atoms with E-state index in [1.807, 2.05) is 6.07 Å². The number of nitriles is 1. The summed E-state index contributed by atoms with van der Waals surface area (Å²) >= 11 is 0. The minimum Gasteiger partial charge on any atom is -0.508 e. The summed E-state index contributed by atoms with van der Waals surface area (Å²) in [6, 6.07) is 12.1. The first-order valence-electron chi connectivity index (χ1n) is 6.64. The van der Waals surface area contributed by atoms with Crippen LogP contribution in [-0.4, -0.2) is 22.5 Å². The zero-order valence-electron chi connectivity index (χ0n) is 11.5. The van der Waals surface area contributed by atoms with Crippen molar-refractivity contribution in [1.82, 2.24) is 4.90 Å². The summed E-state index contributed by atoms with van der Waals surface area (Å²) in [5.41, 5.74) is 0.819. The fraction of sp³-hybridized carbons (Fsp3) is 0.250. The van der Waals surface area contributed by atoms with Crippen molar-refractivity contribution in [3.8, 4) is 11.8 Å². The molecule has 0 saturated carbocycles. The smallest absolute Gasteiger partial charge is 0.227 e. The van der Waals surface area contributed by atoms with Crippen molar-refractivity contribution >= 4 is 5.91 Å². The number of carbonyl (C=O) groups is 1. The van der Waals surface area contributed by atoms with Crippen molar-refractivity contribution in [3.63, 3.8) is 0 Å².